The highest BCUT2D eigenvalue weighted by Gasteiger charge is 2.15. The average Bonchev–Trinajstić information content (AvgIpc) is 2.70. The SMILES string of the molecule is CCOc1ccccc1NC(=O)c1cnc(Nc2ccc(F)c(F)c2F)nc1. The third-order valence-corrected chi connectivity index (χ3v) is 3.63. The largest absolute Gasteiger partial charge is 0.492 e. The van der Waals surface area contributed by atoms with E-state index >= 15 is 0 Å². The normalized spacial score (nSPS) is 10.4. The maximum atomic E-state index is 13.7. The molecule has 28 heavy (non-hydrogen) atoms. The van der Waals surface area contributed by atoms with Crippen LogP contribution in [0.2, 0.25) is 0 Å². The summed E-state index contributed by atoms with van der Waals surface area (Å²) in [6.07, 6.45) is 2.43. The molecule has 9 heteroatoms. The van der Waals surface area contributed by atoms with Crippen LogP contribution in [0, 0.1) is 17.5 Å². The summed E-state index contributed by atoms with van der Waals surface area (Å²) in [6.45, 7) is 2.27. The van der Waals surface area contributed by atoms with Gasteiger partial charge in [0, 0.05) is 12.4 Å². The van der Waals surface area contributed by atoms with Crippen LogP contribution < -0.4 is 15.4 Å². The van der Waals surface area contributed by atoms with Gasteiger partial charge < -0.3 is 15.4 Å². The molecule has 0 fully saturated rings. The van der Waals surface area contributed by atoms with Crippen molar-refractivity contribution in [2.45, 2.75) is 6.92 Å². The molecule has 2 aromatic carbocycles. The van der Waals surface area contributed by atoms with Crippen LogP contribution in [0.15, 0.2) is 48.8 Å². The highest BCUT2D eigenvalue weighted by molar-refractivity contribution is 6.04. The molecule has 2 N–H and O–H groups in total. The number of para-hydroxylation sites is 2. The van der Waals surface area contributed by atoms with Gasteiger partial charge in [-0.05, 0) is 31.2 Å². The fourth-order valence-electron chi connectivity index (χ4n) is 2.30. The number of amides is 1. The quantitative estimate of drug-likeness (QED) is 0.616. The Hall–Kier alpha value is -3.62. The van der Waals surface area contributed by atoms with E-state index in [2.05, 4.69) is 20.6 Å². The third-order valence-electron chi connectivity index (χ3n) is 3.63. The Bertz CT molecular complexity index is 997. The zero-order valence-electron chi connectivity index (χ0n) is 14.7. The summed E-state index contributed by atoms with van der Waals surface area (Å²) < 4.78 is 45.4. The number of rotatable bonds is 6. The maximum absolute atomic E-state index is 13.7. The summed E-state index contributed by atoms with van der Waals surface area (Å²) in [5, 5.41) is 5.11. The Balaban J connectivity index is 1.72. The van der Waals surface area contributed by atoms with Crippen LogP contribution in [0.1, 0.15) is 17.3 Å². The lowest BCUT2D eigenvalue weighted by Crippen LogP contribution is -2.14. The second kappa shape index (κ2) is 8.38. The van der Waals surface area contributed by atoms with Gasteiger partial charge in [0.2, 0.25) is 5.95 Å². The molecular formula is C19H15F3N4O2. The molecule has 6 nitrogen and oxygen atoms in total. The van der Waals surface area contributed by atoms with E-state index in [1.165, 1.54) is 12.4 Å². The van der Waals surface area contributed by atoms with E-state index in [4.69, 9.17) is 4.74 Å². The first-order valence-corrected chi connectivity index (χ1v) is 8.25. The molecule has 0 radical (unpaired) electrons. The highest BCUT2D eigenvalue weighted by Crippen LogP contribution is 2.25. The Morgan fingerprint density at radius 1 is 1.00 bits per heavy atom. The van der Waals surface area contributed by atoms with Crippen molar-refractivity contribution in [3.63, 3.8) is 0 Å². The molecule has 0 saturated heterocycles. The molecule has 0 atom stereocenters. The van der Waals surface area contributed by atoms with Gasteiger partial charge in [-0.25, -0.2) is 23.1 Å². The molecule has 0 aliphatic rings. The van der Waals surface area contributed by atoms with Crippen LogP contribution in [0.25, 0.3) is 0 Å². The monoisotopic (exact) mass is 388 g/mol. The van der Waals surface area contributed by atoms with Crippen LogP contribution in [0.3, 0.4) is 0 Å². The second-order valence-corrected chi connectivity index (χ2v) is 5.53. The van der Waals surface area contributed by atoms with Gasteiger partial charge in [0.15, 0.2) is 17.5 Å². The first kappa shape index (κ1) is 19.2. The van der Waals surface area contributed by atoms with E-state index in [1.54, 1.807) is 24.3 Å². The van der Waals surface area contributed by atoms with Gasteiger partial charge >= 0.3 is 0 Å². The number of carbonyl (C=O) groups is 1. The second-order valence-electron chi connectivity index (χ2n) is 5.53. The van der Waals surface area contributed by atoms with Crippen LogP contribution in [-0.2, 0) is 0 Å². The van der Waals surface area contributed by atoms with Crippen LogP contribution >= 0.6 is 0 Å². The summed E-state index contributed by atoms with van der Waals surface area (Å²) in [5.41, 5.74) is 0.296. The molecule has 0 unspecified atom stereocenters. The molecule has 1 amide bonds. The number of ether oxygens (including phenoxy) is 1. The lowest BCUT2D eigenvalue weighted by molar-refractivity contribution is 0.102. The highest BCUT2D eigenvalue weighted by atomic mass is 19.2. The molecule has 1 heterocycles. The summed E-state index contributed by atoms with van der Waals surface area (Å²) in [4.78, 5) is 20.1. The Labute approximate surface area is 158 Å². The van der Waals surface area contributed by atoms with Crippen molar-refractivity contribution in [1.82, 2.24) is 9.97 Å². The predicted molar refractivity (Wildman–Crippen MR) is 97.2 cm³/mol. The molecule has 0 bridgehead atoms. The van der Waals surface area contributed by atoms with Crippen molar-refractivity contribution in [2.75, 3.05) is 17.2 Å². The zero-order chi connectivity index (χ0) is 20.1. The van der Waals surface area contributed by atoms with Crippen molar-refractivity contribution in [1.29, 1.82) is 0 Å². The molecule has 3 rings (SSSR count). The molecule has 0 aliphatic heterocycles. The van der Waals surface area contributed by atoms with E-state index in [-0.39, 0.29) is 17.2 Å². The number of halogens is 3. The molecule has 0 saturated carbocycles. The Morgan fingerprint density at radius 3 is 2.43 bits per heavy atom. The average molecular weight is 388 g/mol. The van der Waals surface area contributed by atoms with Gasteiger partial charge in [-0.2, -0.15) is 0 Å². The number of anilines is 3. The predicted octanol–water partition coefficient (Wildman–Crippen LogP) is 4.29. The standard InChI is InChI=1S/C19H15F3N4O2/c1-2-28-15-6-4-3-5-13(15)25-18(27)11-9-23-19(24-10-11)26-14-8-7-12(20)16(21)17(14)22/h3-10H,2H2,1H3,(H,25,27)(H,23,24,26). The van der Waals surface area contributed by atoms with Crippen molar-refractivity contribution in [2.24, 2.45) is 0 Å². The minimum atomic E-state index is -1.60. The summed E-state index contributed by atoms with van der Waals surface area (Å²) in [5.74, 6) is -4.34. The number of aromatic nitrogens is 2. The summed E-state index contributed by atoms with van der Waals surface area (Å²) >= 11 is 0. The molecule has 0 spiro atoms. The lowest BCUT2D eigenvalue weighted by atomic mass is 10.2. The van der Waals surface area contributed by atoms with E-state index in [0.717, 1.165) is 12.1 Å². The topological polar surface area (TPSA) is 76.1 Å². The number of benzene rings is 2. The van der Waals surface area contributed by atoms with Crippen LogP contribution in [-0.4, -0.2) is 22.5 Å². The van der Waals surface area contributed by atoms with E-state index in [9.17, 15) is 18.0 Å². The summed E-state index contributed by atoms with van der Waals surface area (Å²) in [7, 11) is 0. The first-order chi connectivity index (χ1) is 13.5. The smallest absolute Gasteiger partial charge is 0.258 e. The van der Waals surface area contributed by atoms with Gasteiger partial charge in [-0.3, -0.25) is 4.79 Å². The molecule has 3 aromatic rings. The Kier molecular flexibility index (Phi) is 5.73. The van der Waals surface area contributed by atoms with E-state index in [1.807, 2.05) is 6.92 Å². The molecule has 1 aromatic heterocycles. The van der Waals surface area contributed by atoms with Gasteiger partial charge in [-0.15, -0.1) is 0 Å². The molecule has 0 aliphatic carbocycles. The van der Waals surface area contributed by atoms with Crippen molar-refractivity contribution < 1.29 is 22.7 Å². The van der Waals surface area contributed by atoms with Crippen LogP contribution in [0.5, 0.6) is 5.75 Å². The lowest BCUT2D eigenvalue weighted by Gasteiger charge is -2.11. The van der Waals surface area contributed by atoms with Crippen LogP contribution in [0.4, 0.5) is 30.5 Å². The minimum absolute atomic E-state index is 0.0869. The number of nitrogens with zero attached hydrogens (tertiary/aromatic N) is 2. The van der Waals surface area contributed by atoms with Gasteiger partial charge in [-0.1, -0.05) is 12.1 Å². The summed E-state index contributed by atoms with van der Waals surface area (Å²) in [6, 6.07) is 8.73. The number of hydrogen-bond donors (Lipinski definition) is 2. The Morgan fingerprint density at radius 2 is 1.71 bits per heavy atom. The molecular weight excluding hydrogens is 373 g/mol. The van der Waals surface area contributed by atoms with Gasteiger partial charge in [0.25, 0.3) is 5.91 Å². The fourth-order valence-corrected chi connectivity index (χ4v) is 2.30. The van der Waals surface area contributed by atoms with Crippen molar-refractivity contribution in [3.05, 3.63) is 71.8 Å². The number of hydrogen-bond acceptors (Lipinski definition) is 5. The van der Waals surface area contributed by atoms with Gasteiger partial charge in [0.1, 0.15) is 5.75 Å². The minimum Gasteiger partial charge on any atom is -0.492 e. The first-order valence-electron chi connectivity index (χ1n) is 8.25. The molecule has 144 valence electrons. The van der Waals surface area contributed by atoms with Gasteiger partial charge in [0.05, 0.1) is 23.5 Å². The number of nitrogens with one attached hydrogen (secondary N) is 2. The van der Waals surface area contributed by atoms with Crippen molar-refractivity contribution in [3.8, 4) is 5.75 Å². The van der Waals surface area contributed by atoms with E-state index in [0.29, 0.717) is 18.0 Å². The third kappa shape index (κ3) is 4.20. The van der Waals surface area contributed by atoms with E-state index < -0.39 is 23.4 Å². The van der Waals surface area contributed by atoms with Crippen molar-refractivity contribution >= 4 is 23.2 Å². The number of carbonyl (C=O) groups excluding carboxylic acids is 1. The zero-order valence-corrected chi connectivity index (χ0v) is 14.7. The fraction of sp³-hybridized carbons (Fsp3) is 0.105. The maximum Gasteiger partial charge on any atom is 0.258 e.